The van der Waals surface area contributed by atoms with Gasteiger partial charge in [0.15, 0.2) is 27.0 Å². The summed E-state index contributed by atoms with van der Waals surface area (Å²) in [6.45, 7) is 1.89. The SMILES string of the molecule is COc1ccc(-c2cnn3c(SCC(=O)NC4CCS(=O)(=O)C4)cc(C)nc23)cc1OC. The smallest absolute Gasteiger partial charge is 0.230 e. The summed E-state index contributed by atoms with van der Waals surface area (Å²) >= 11 is 1.33. The van der Waals surface area contributed by atoms with E-state index in [4.69, 9.17) is 9.47 Å². The molecule has 0 bridgehead atoms. The molecule has 0 saturated carbocycles. The first-order valence-electron chi connectivity index (χ1n) is 10.00. The van der Waals surface area contributed by atoms with Crippen molar-refractivity contribution < 1.29 is 22.7 Å². The summed E-state index contributed by atoms with van der Waals surface area (Å²) in [6.07, 6.45) is 2.20. The fraction of sp³-hybridized carbons (Fsp3) is 0.381. The molecule has 4 rings (SSSR count). The topological polar surface area (TPSA) is 112 Å². The van der Waals surface area contributed by atoms with Crippen molar-refractivity contribution in [3.05, 3.63) is 36.2 Å². The highest BCUT2D eigenvalue weighted by atomic mass is 32.2. The number of methoxy groups -OCH3 is 2. The Morgan fingerprint density at radius 1 is 1.25 bits per heavy atom. The molecule has 9 nitrogen and oxygen atoms in total. The summed E-state index contributed by atoms with van der Waals surface area (Å²) < 4.78 is 35.6. The average Bonchev–Trinajstić information content (AvgIpc) is 3.33. The third-order valence-corrected chi connectivity index (χ3v) is 7.97. The molecule has 1 unspecified atom stereocenters. The number of aromatic nitrogens is 3. The van der Waals surface area contributed by atoms with E-state index in [-0.39, 0.29) is 29.2 Å². The number of carbonyl (C=O) groups excluding carboxylic acids is 1. The zero-order valence-corrected chi connectivity index (χ0v) is 19.6. The van der Waals surface area contributed by atoms with Gasteiger partial charge in [-0.1, -0.05) is 17.8 Å². The van der Waals surface area contributed by atoms with Crippen molar-refractivity contribution in [1.82, 2.24) is 19.9 Å². The predicted octanol–water partition coefficient (Wildman–Crippen LogP) is 2.12. The van der Waals surface area contributed by atoms with Crippen molar-refractivity contribution in [3.8, 4) is 22.6 Å². The lowest BCUT2D eigenvalue weighted by Gasteiger charge is -2.11. The minimum Gasteiger partial charge on any atom is -0.493 e. The second-order valence-corrected chi connectivity index (χ2v) is 10.8. The predicted molar refractivity (Wildman–Crippen MR) is 122 cm³/mol. The summed E-state index contributed by atoms with van der Waals surface area (Å²) in [5.41, 5.74) is 3.18. The number of fused-ring (bicyclic) bond motifs is 1. The van der Waals surface area contributed by atoms with Crippen LogP contribution in [-0.4, -0.2) is 66.4 Å². The van der Waals surface area contributed by atoms with Gasteiger partial charge in [0.2, 0.25) is 5.91 Å². The van der Waals surface area contributed by atoms with Gasteiger partial charge in [-0.3, -0.25) is 4.79 Å². The van der Waals surface area contributed by atoms with Crippen LogP contribution < -0.4 is 14.8 Å². The van der Waals surface area contributed by atoms with Gasteiger partial charge in [-0.15, -0.1) is 0 Å². The third-order valence-electron chi connectivity index (χ3n) is 5.21. The van der Waals surface area contributed by atoms with Crippen molar-refractivity contribution in [2.75, 3.05) is 31.5 Å². The standard InChI is InChI=1S/C21H24N4O5S2/c1-13-8-20(31-11-19(26)24-15-6-7-32(27,28)12-15)25-21(23-13)16(10-22-25)14-4-5-17(29-2)18(9-14)30-3/h4-5,8-10,15H,6-7,11-12H2,1-3H3,(H,24,26). The van der Waals surface area contributed by atoms with Gasteiger partial charge in [0.1, 0.15) is 5.03 Å². The fourth-order valence-electron chi connectivity index (χ4n) is 3.68. The van der Waals surface area contributed by atoms with Crippen LogP contribution in [-0.2, 0) is 14.6 Å². The number of aryl methyl sites for hydroxylation is 1. The van der Waals surface area contributed by atoms with E-state index in [9.17, 15) is 13.2 Å². The number of hydrogen-bond acceptors (Lipinski definition) is 8. The zero-order chi connectivity index (χ0) is 22.9. The summed E-state index contributed by atoms with van der Waals surface area (Å²) in [4.78, 5) is 17.0. The Bertz CT molecular complexity index is 1270. The monoisotopic (exact) mass is 476 g/mol. The van der Waals surface area contributed by atoms with E-state index in [2.05, 4.69) is 15.4 Å². The maximum Gasteiger partial charge on any atom is 0.230 e. The Morgan fingerprint density at radius 2 is 2.03 bits per heavy atom. The number of nitrogens with zero attached hydrogens (tertiary/aromatic N) is 3. The fourth-order valence-corrected chi connectivity index (χ4v) is 6.22. The molecule has 3 heterocycles. The van der Waals surface area contributed by atoms with Crippen LogP contribution >= 0.6 is 11.8 Å². The van der Waals surface area contributed by atoms with Crippen LogP contribution in [0, 0.1) is 6.92 Å². The molecule has 1 atom stereocenters. The molecule has 170 valence electrons. The van der Waals surface area contributed by atoms with Crippen molar-refractivity contribution in [1.29, 1.82) is 0 Å². The maximum absolute atomic E-state index is 12.4. The van der Waals surface area contributed by atoms with Gasteiger partial charge >= 0.3 is 0 Å². The number of amides is 1. The van der Waals surface area contributed by atoms with Gasteiger partial charge in [0.25, 0.3) is 0 Å². The van der Waals surface area contributed by atoms with E-state index in [0.717, 1.165) is 21.8 Å². The number of nitrogens with one attached hydrogen (secondary N) is 1. The molecular weight excluding hydrogens is 452 g/mol. The van der Waals surface area contributed by atoms with E-state index in [1.165, 1.54) is 11.8 Å². The molecule has 11 heteroatoms. The van der Waals surface area contributed by atoms with Gasteiger partial charge in [0.05, 0.1) is 37.7 Å². The van der Waals surface area contributed by atoms with Crippen LogP contribution in [0.25, 0.3) is 16.8 Å². The molecule has 1 aromatic carbocycles. The zero-order valence-electron chi connectivity index (χ0n) is 18.0. The van der Waals surface area contributed by atoms with Crippen LogP contribution in [0.4, 0.5) is 0 Å². The first-order valence-corrected chi connectivity index (χ1v) is 12.8. The minimum absolute atomic E-state index is 0.00978. The molecule has 0 aliphatic carbocycles. The van der Waals surface area contributed by atoms with E-state index in [1.807, 2.05) is 31.2 Å². The molecular formula is C21H24N4O5S2. The average molecular weight is 477 g/mol. The first-order chi connectivity index (χ1) is 15.3. The number of thioether (sulfide) groups is 1. The Morgan fingerprint density at radius 3 is 2.72 bits per heavy atom. The van der Waals surface area contributed by atoms with E-state index in [1.54, 1.807) is 24.9 Å². The molecule has 1 N–H and O–H groups in total. The highest BCUT2D eigenvalue weighted by molar-refractivity contribution is 7.99. The Balaban J connectivity index is 1.55. The van der Waals surface area contributed by atoms with Crippen molar-refractivity contribution >= 4 is 33.2 Å². The molecule has 0 radical (unpaired) electrons. The van der Waals surface area contributed by atoms with Crippen molar-refractivity contribution in [3.63, 3.8) is 0 Å². The first kappa shape index (κ1) is 22.4. The normalized spacial score (nSPS) is 17.4. The largest absolute Gasteiger partial charge is 0.493 e. The molecule has 3 aromatic rings. The van der Waals surface area contributed by atoms with Crippen LogP contribution in [0.5, 0.6) is 11.5 Å². The van der Waals surface area contributed by atoms with E-state index < -0.39 is 9.84 Å². The number of hydrogen-bond donors (Lipinski definition) is 1. The van der Waals surface area contributed by atoms with Crippen LogP contribution in [0.1, 0.15) is 12.1 Å². The van der Waals surface area contributed by atoms with E-state index >= 15 is 0 Å². The van der Waals surface area contributed by atoms with Gasteiger partial charge in [-0.2, -0.15) is 5.10 Å². The van der Waals surface area contributed by atoms with Crippen molar-refractivity contribution in [2.45, 2.75) is 24.4 Å². The Kier molecular flexibility index (Phi) is 6.29. The third kappa shape index (κ3) is 4.68. The molecule has 2 aromatic heterocycles. The van der Waals surface area contributed by atoms with Gasteiger partial charge in [-0.25, -0.2) is 17.9 Å². The number of sulfone groups is 1. The molecule has 1 saturated heterocycles. The summed E-state index contributed by atoms with van der Waals surface area (Å²) in [6, 6.07) is 7.18. The van der Waals surface area contributed by atoms with Crippen LogP contribution in [0.2, 0.25) is 0 Å². The van der Waals surface area contributed by atoms with Crippen LogP contribution in [0.15, 0.2) is 35.5 Å². The molecule has 1 aliphatic heterocycles. The van der Waals surface area contributed by atoms with Gasteiger partial charge in [0, 0.05) is 17.3 Å². The Hall–Kier alpha value is -2.79. The molecule has 0 spiro atoms. The number of rotatable bonds is 7. The summed E-state index contributed by atoms with van der Waals surface area (Å²) in [5, 5.41) is 8.07. The molecule has 1 amide bonds. The Labute approximate surface area is 190 Å². The van der Waals surface area contributed by atoms with Crippen LogP contribution in [0.3, 0.4) is 0 Å². The summed E-state index contributed by atoms with van der Waals surface area (Å²) in [7, 11) is 0.134. The van der Waals surface area contributed by atoms with Crippen molar-refractivity contribution in [2.24, 2.45) is 0 Å². The number of benzene rings is 1. The highest BCUT2D eigenvalue weighted by Gasteiger charge is 2.28. The quantitative estimate of drug-likeness (QED) is 0.408. The second-order valence-electron chi connectivity index (χ2n) is 7.56. The van der Waals surface area contributed by atoms with Gasteiger partial charge < -0.3 is 14.8 Å². The summed E-state index contributed by atoms with van der Waals surface area (Å²) in [5.74, 6) is 1.33. The lowest BCUT2D eigenvalue weighted by molar-refractivity contribution is -0.119. The lowest BCUT2D eigenvalue weighted by Crippen LogP contribution is -2.36. The highest BCUT2D eigenvalue weighted by Crippen LogP contribution is 2.34. The van der Waals surface area contributed by atoms with Gasteiger partial charge in [-0.05, 0) is 37.1 Å². The number of carbonyl (C=O) groups is 1. The second kappa shape index (κ2) is 8.99. The van der Waals surface area contributed by atoms with E-state index in [0.29, 0.717) is 23.6 Å². The maximum atomic E-state index is 12.4. The molecule has 1 aliphatic rings. The lowest BCUT2D eigenvalue weighted by atomic mass is 10.1. The minimum atomic E-state index is -3.04. The molecule has 32 heavy (non-hydrogen) atoms. The number of ether oxygens (including phenoxy) is 2. The molecule has 1 fully saturated rings.